The zero-order valence-electron chi connectivity index (χ0n) is 15.1. The van der Waals surface area contributed by atoms with Crippen LogP contribution in [-0.4, -0.2) is 17.0 Å². The van der Waals surface area contributed by atoms with E-state index in [4.69, 9.17) is 0 Å². The molecule has 126 valence electrons. The Morgan fingerprint density at radius 2 is 1.78 bits per heavy atom. The molecule has 0 spiro atoms. The van der Waals surface area contributed by atoms with Crippen molar-refractivity contribution in [1.29, 1.82) is 0 Å². The van der Waals surface area contributed by atoms with Crippen molar-refractivity contribution < 1.29 is 4.79 Å². The number of nitrogens with zero attached hydrogens (tertiary/aromatic N) is 1. The van der Waals surface area contributed by atoms with Gasteiger partial charge in [-0.25, -0.2) is 0 Å². The van der Waals surface area contributed by atoms with E-state index in [-0.39, 0.29) is 11.3 Å². The number of carbonyl (C=O) groups excluding carboxylic acids is 1. The van der Waals surface area contributed by atoms with Crippen LogP contribution < -0.4 is 5.32 Å². The van der Waals surface area contributed by atoms with Crippen LogP contribution in [0.5, 0.6) is 0 Å². The van der Waals surface area contributed by atoms with E-state index in [1.54, 1.807) is 0 Å². The summed E-state index contributed by atoms with van der Waals surface area (Å²) in [6.07, 6.45) is 3.07. The average molecular weight is 314 g/mol. The molecule has 3 heteroatoms. The molecule has 2 aromatic rings. The van der Waals surface area contributed by atoms with Crippen LogP contribution in [0.3, 0.4) is 0 Å². The highest BCUT2D eigenvalue weighted by Crippen LogP contribution is 2.35. The highest BCUT2D eigenvalue weighted by molar-refractivity contribution is 5.82. The molecule has 1 aromatic heterocycles. The number of aryl methyl sites for hydroxylation is 1. The Labute approximate surface area is 140 Å². The van der Waals surface area contributed by atoms with Gasteiger partial charge in [-0.1, -0.05) is 52.8 Å². The van der Waals surface area contributed by atoms with Crippen molar-refractivity contribution in [2.24, 2.45) is 17.3 Å². The molecule has 0 bridgehead atoms. The molecule has 0 saturated heterocycles. The van der Waals surface area contributed by atoms with Crippen LogP contribution in [0, 0.1) is 17.3 Å². The van der Waals surface area contributed by atoms with Gasteiger partial charge in [0.05, 0.1) is 5.41 Å². The van der Waals surface area contributed by atoms with Gasteiger partial charge in [-0.05, 0) is 35.8 Å². The molecule has 1 heterocycles. The number of para-hydroxylation sites is 1. The predicted octanol–water partition coefficient (Wildman–Crippen LogP) is 4.47. The second-order valence-corrected chi connectivity index (χ2v) is 7.27. The van der Waals surface area contributed by atoms with Crippen molar-refractivity contribution in [1.82, 2.24) is 9.88 Å². The molecular weight excluding hydrogens is 284 g/mol. The molecule has 0 saturated carbocycles. The molecule has 0 fully saturated rings. The Balaban J connectivity index is 1.89. The molecule has 0 radical (unpaired) electrons. The zero-order valence-corrected chi connectivity index (χ0v) is 15.1. The number of aromatic nitrogens is 1. The minimum Gasteiger partial charge on any atom is -0.356 e. The van der Waals surface area contributed by atoms with E-state index >= 15 is 0 Å². The highest BCUT2D eigenvalue weighted by Gasteiger charge is 2.39. The van der Waals surface area contributed by atoms with Gasteiger partial charge in [-0.3, -0.25) is 4.79 Å². The molecule has 0 atom stereocenters. The monoisotopic (exact) mass is 314 g/mol. The summed E-state index contributed by atoms with van der Waals surface area (Å²) in [4.78, 5) is 12.6. The van der Waals surface area contributed by atoms with Gasteiger partial charge in [0, 0.05) is 24.8 Å². The minimum atomic E-state index is -0.305. The van der Waals surface area contributed by atoms with E-state index in [0.717, 1.165) is 19.5 Å². The van der Waals surface area contributed by atoms with Gasteiger partial charge >= 0.3 is 0 Å². The molecule has 1 N–H and O–H groups in total. The molecule has 3 nitrogen and oxygen atoms in total. The molecule has 0 aliphatic carbocycles. The Morgan fingerprint density at radius 3 is 2.43 bits per heavy atom. The lowest BCUT2D eigenvalue weighted by molar-refractivity contribution is -0.135. The lowest BCUT2D eigenvalue weighted by Gasteiger charge is -2.36. The van der Waals surface area contributed by atoms with Gasteiger partial charge < -0.3 is 9.88 Å². The van der Waals surface area contributed by atoms with Gasteiger partial charge in [0.1, 0.15) is 0 Å². The third-order valence-corrected chi connectivity index (χ3v) is 5.43. The summed E-state index contributed by atoms with van der Waals surface area (Å²) in [5.41, 5.74) is 0.952. The van der Waals surface area contributed by atoms with E-state index in [0.29, 0.717) is 11.8 Å². The highest BCUT2D eigenvalue weighted by atomic mass is 16.2. The number of amides is 1. The normalized spacial score (nSPS) is 12.3. The van der Waals surface area contributed by atoms with E-state index in [1.807, 2.05) is 0 Å². The van der Waals surface area contributed by atoms with Gasteiger partial charge in [0.2, 0.25) is 5.91 Å². The number of carbonyl (C=O) groups is 1. The first-order valence-corrected chi connectivity index (χ1v) is 8.69. The van der Waals surface area contributed by atoms with Crippen molar-refractivity contribution >= 4 is 16.8 Å². The van der Waals surface area contributed by atoms with Crippen LogP contribution in [0.15, 0.2) is 36.5 Å². The Morgan fingerprint density at radius 1 is 1.13 bits per heavy atom. The third kappa shape index (κ3) is 3.60. The third-order valence-electron chi connectivity index (χ3n) is 5.43. The van der Waals surface area contributed by atoms with Crippen LogP contribution in [0.4, 0.5) is 0 Å². The lowest BCUT2D eigenvalue weighted by Crippen LogP contribution is -2.46. The number of hydrogen-bond acceptors (Lipinski definition) is 1. The maximum atomic E-state index is 12.6. The van der Waals surface area contributed by atoms with Crippen LogP contribution >= 0.6 is 0 Å². The first-order valence-electron chi connectivity index (χ1n) is 8.69. The van der Waals surface area contributed by atoms with E-state index < -0.39 is 0 Å². The first kappa shape index (κ1) is 17.6. The van der Waals surface area contributed by atoms with Crippen molar-refractivity contribution in [2.75, 3.05) is 6.54 Å². The molecule has 0 unspecified atom stereocenters. The van der Waals surface area contributed by atoms with Crippen molar-refractivity contribution in [3.63, 3.8) is 0 Å². The molecule has 0 aliphatic heterocycles. The molecule has 2 rings (SSSR count). The Hall–Kier alpha value is -1.77. The van der Waals surface area contributed by atoms with Gasteiger partial charge in [-0.15, -0.1) is 0 Å². The maximum Gasteiger partial charge on any atom is 0.226 e. The van der Waals surface area contributed by atoms with Gasteiger partial charge in [-0.2, -0.15) is 0 Å². The largest absolute Gasteiger partial charge is 0.356 e. The Kier molecular flexibility index (Phi) is 5.51. The fourth-order valence-corrected chi connectivity index (χ4v) is 3.17. The average Bonchev–Trinajstić information content (AvgIpc) is 2.93. The molecule has 1 aromatic carbocycles. The molecule has 1 amide bonds. The summed E-state index contributed by atoms with van der Waals surface area (Å²) >= 11 is 0. The Bertz CT molecular complexity index is 646. The fourth-order valence-electron chi connectivity index (χ4n) is 3.17. The standard InChI is InChI=1S/C20H30N2O/c1-15(2)20(5,16(3)4)19(23)21-12-8-13-22-14-11-17-9-6-7-10-18(17)22/h6-7,9-11,14-16H,8,12-13H2,1-5H3,(H,21,23). The number of fused-ring (bicyclic) bond motifs is 1. The van der Waals surface area contributed by atoms with Crippen LogP contribution in [0.25, 0.3) is 10.9 Å². The minimum absolute atomic E-state index is 0.180. The summed E-state index contributed by atoms with van der Waals surface area (Å²) < 4.78 is 2.26. The lowest BCUT2D eigenvalue weighted by atomic mass is 9.70. The molecular formula is C20H30N2O. The number of benzene rings is 1. The van der Waals surface area contributed by atoms with Crippen molar-refractivity contribution in [3.05, 3.63) is 36.5 Å². The second kappa shape index (κ2) is 7.20. The second-order valence-electron chi connectivity index (χ2n) is 7.27. The van der Waals surface area contributed by atoms with Gasteiger partial charge in [0.25, 0.3) is 0 Å². The first-order chi connectivity index (χ1) is 10.9. The van der Waals surface area contributed by atoms with E-state index in [1.165, 1.54) is 10.9 Å². The summed E-state index contributed by atoms with van der Waals surface area (Å²) in [5.74, 6) is 0.839. The van der Waals surface area contributed by atoms with Crippen LogP contribution in [0.2, 0.25) is 0 Å². The number of rotatable bonds is 7. The van der Waals surface area contributed by atoms with Crippen molar-refractivity contribution in [2.45, 2.75) is 47.6 Å². The SMILES string of the molecule is CC(C)C(C)(C(=O)NCCCn1ccc2ccccc21)C(C)C. The van der Waals surface area contributed by atoms with E-state index in [9.17, 15) is 4.79 Å². The maximum absolute atomic E-state index is 12.6. The number of hydrogen-bond donors (Lipinski definition) is 1. The summed E-state index contributed by atoms with van der Waals surface area (Å²) in [7, 11) is 0. The summed E-state index contributed by atoms with van der Waals surface area (Å²) in [5, 5.41) is 4.41. The topological polar surface area (TPSA) is 34.0 Å². The quantitative estimate of drug-likeness (QED) is 0.752. The fraction of sp³-hybridized carbons (Fsp3) is 0.550. The summed E-state index contributed by atoms with van der Waals surface area (Å²) in [6, 6.07) is 10.5. The molecule has 23 heavy (non-hydrogen) atoms. The molecule has 0 aliphatic rings. The smallest absolute Gasteiger partial charge is 0.226 e. The number of nitrogens with one attached hydrogen (secondary N) is 1. The zero-order chi connectivity index (χ0) is 17.0. The van der Waals surface area contributed by atoms with Crippen LogP contribution in [-0.2, 0) is 11.3 Å². The van der Waals surface area contributed by atoms with Crippen molar-refractivity contribution in [3.8, 4) is 0 Å². The summed E-state index contributed by atoms with van der Waals surface area (Å²) in [6.45, 7) is 12.2. The van der Waals surface area contributed by atoms with Gasteiger partial charge in [0.15, 0.2) is 0 Å². The van der Waals surface area contributed by atoms with E-state index in [2.05, 4.69) is 81.0 Å². The predicted molar refractivity (Wildman–Crippen MR) is 97.3 cm³/mol. The van der Waals surface area contributed by atoms with Crippen LogP contribution in [0.1, 0.15) is 41.0 Å².